The van der Waals surface area contributed by atoms with Crippen LogP contribution < -0.4 is 5.32 Å². The van der Waals surface area contributed by atoms with E-state index in [0.717, 1.165) is 31.6 Å². The molecule has 80 valence electrons. The van der Waals surface area contributed by atoms with Crippen LogP contribution in [0.5, 0.6) is 0 Å². The first-order valence-corrected chi connectivity index (χ1v) is 5.24. The Kier molecular flexibility index (Phi) is 4.52. The van der Waals surface area contributed by atoms with Crippen LogP contribution in [-0.2, 0) is 6.54 Å². The highest BCUT2D eigenvalue weighted by Crippen LogP contribution is 2.17. The molecule has 1 atom stereocenters. The molecule has 0 saturated carbocycles. The maximum Gasteiger partial charge on any atom is 0.165 e. The smallest absolute Gasteiger partial charge is 0.165 e. The van der Waals surface area contributed by atoms with Crippen LogP contribution in [0.25, 0.3) is 0 Å². The van der Waals surface area contributed by atoms with Gasteiger partial charge in [0.2, 0.25) is 0 Å². The van der Waals surface area contributed by atoms with Gasteiger partial charge in [0.15, 0.2) is 5.82 Å². The summed E-state index contributed by atoms with van der Waals surface area (Å²) in [5.41, 5.74) is 0. The summed E-state index contributed by atoms with van der Waals surface area (Å²) in [6.45, 7) is 5.09. The lowest BCUT2D eigenvalue weighted by molar-refractivity contribution is 0.385. The molecule has 0 aliphatic carbocycles. The van der Waals surface area contributed by atoms with Crippen molar-refractivity contribution >= 4 is 0 Å². The van der Waals surface area contributed by atoms with Crippen LogP contribution in [0.1, 0.15) is 45.0 Å². The Morgan fingerprint density at radius 1 is 1.43 bits per heavy atom. The van der Waals surface area contributed by atoms with E-state index >= 15 is 0 Å². The van der Waals surface area contributed by atoms with Gasteiger partial charge in [0, 0.05) is 0 Å². The van der Waals surface area contributed by atoms with E-state index in [1.165, 1.54) is 0 Å². The molecule has 1 aromatic rings. The summed E-state index contributed by atoms with van der Waals surface area (Å²) in [6.07, 6.45) is 3.38. The molecule has 1 N–H and O–H groups in total. The predicted octanol–water partition coefficient (Wildman–Crippen LogP) is 1.14. The zero-order valence-electron chi connectivity index (χ0n) is 9.19. The van der Waals surface area contributed by atoms with E-state index in [1.807, 2.05) is 11.7 Å². The van der Waals surface area contributed by atoms with Crippen LogP contribution in [0, 0.1) is 0 Å². The minimum atomic E-state index is 0.443. The molecule has 1 aromatic heterocycles. The number of aromatic nitrogens is 4. The topological polar surface area (TPSA) is 55.6 Å². The summed E-state index contributed by atoms with van der Waals surface area (Å²) >= 11 is 0. The fraction of sp³-hybridized carbons (Fsp3) is 0.889. The van der Waals surface area contributed by atoms with E-state index in [2.05, 4.69) is 34.7 Å². The SMILES string of the molecule is CCCC(CC)n1nnnc1CNC. The van der Waals surface area contributed by atoms with Gasteiger partial charge in [-0.2, -0.15) is 0 Å². The molecule has 14 heavy (non-hydrogen) atoms. The molecule has 0 fully saturated rings. The molecule has 1 unspecified atom stereocenters. The second kappa shape index (κ2) is 5.70. The number of tetrazole rings is 1. The molecule has 0 amide bonds. The number of rotatable bonds is 6. The molecule has 0 aliphatic rings. The standard InChI is InChI=1S/C9H19N5/c1-4-6-8(5-2)14-9(7-10-3)11-12-13-14/h8,10H,4-7H2,1-3H3. The zero-order chi connectivity index (χ0) is 10.4. The van der Waals surface area contributed by atoms with Gasteiger partial charge in [0.25, 0.3) is 0 Å². The molecule has 0 aliphatic heterocycles. The van der Waals surface area contributed by atoms with Gasteiger partial charge in [-0.15, -0.1) is 5.10 Å². The van der Waals surface area contributed by atoms with Crippen LogP contribution in [0.3, 0.4) is 0 Å². The van der Waals surface area contributed by atoms with Gasteiger partial charge in [-0.3, -0.25) is 0 Å². The Hall–Kier alpha value is -0.970. The second-order valence-corrected chi connectivity index (χ2v) is 3.42. The van der Waals surface area contributed by atoms with E-state index in [4.69, 9.17) is 0 Å². The molecule has 5 heteroatoms. The molecule has 0 radical (unpaired) electrons. The van der Waals surface area contributed by atoms with Gasteiger partial charge in [-0.25, -0.2) is 4.68 Å². The van der Waals surface area contributed by atoms with Gasteiger partial charge in [0.1, 0.15) is 0 Å². The van der Waals surface area contributed by atoms with E-state index in [1.54, 1.807) is 0 Å². The van der Waals surface area contributed by atoms with E-state index < -0.39 is 0 Å². The summed E-state index contributed by atoms with van der Waals surface area (Å²) in [5.74, 6) is 0.924. The maximum absolute atomic E-state index is 4.04. The van der Waals surface area contributed by atoms with Gasteiger partial charge >= 0.3 is 0 Å². The molecular formula is C9H19N5. The normalized spacial score (nSPS) is 13.1. The molecule has 0 spiro atoms. The van der Waals surface area contributed by atoms with Gasteiger partial charge in [-0.1, -0.05) is 20.3 Å². The Labute approximate surface area is 84.9 Å². The summed E-state index contributed by atoms with van der Waals surface area (Å²) in [4.78, 5) is 0. The van der Waals surface area contributed by atoms with Gasteiger partial charge < -0.3 is 5.32 Å². The highest BCUT2D eigenvalue weighted by atomic mass is 15.6. The maximum atomic E-state index is 4.04. The average molecular weight is 197 g/mol. The van der Waals surface area contributed by atoms with Crippen molar-refractivity contribution in [3.8, 4) is 0 Å². The number of nitrogens with zero attached hydrogens (tertiary/aromatic N) is 4. The Morgan fingerprint density at radius 3 is 2.79 bits per heavy atom. The highest BCUT2D eigenvalue weighted by molar-refractivity contribution is 4.83. The number of hydrogen-bond acceptors (Lipinski definition) is 4. The monoisotopic (exact) mass is 197 g/mol. The van der Waals surface area contributed by atoms with Crippen molar-refractivity contribution < 1.29 is 0 Å². The first-order valence-electron chi connectivity index (χ1n) is 5.24. The van der Waals surface area contributed by atoms with Crippen molar-refractivity contribution in [3.63, 3.8) is 0 Å². The third kappa shape index (κ3) is 2.51. The number of nitrogens with one attached hydrogen (secondary N) is 1. The second-order valence-electron chi connectivity index (χ2n) is 3.42. The molecule has 5 nitrogen and oxygen atoms in total. The Morgan fingerprint density at radius 2 is 2.21 bits per heavy atom. The van der Waals surface area contributed by atoms with Crippen molar-refractivity contribution in [3.05, 3.63) is 5.82 Å². The quantitative estimate of drug-likeness (QED) is 0.743. The molecule has 0 saturated heterocycles. The lowest BCUT2D eigenvalue weighted by atomic mass is 10.1. The minimum absolute atomic E-state index is 0.443. The van der Waals surface area contributed by atoms with Crippen LogP contribution in [-0.4, -0.2) is 27.3 Å². The first kappa shape index (κ1) is 11.1. The third-order valence-corrected chi connectivity index (χ3v) is 2.33. The molecule has 0 bridgehead atoms. The third-order valence-electron chi connectivity index (χ3n) is 2.33. The largest absolute Gasteiger partial charge is 0.313 e. The van der Waals surface area contributed by atoms with Crippen LogP contribution >= 0.6 is 0 Å². The Bertz CT molecular complexity index is 257. The summed E-state index contributed by atoms with van der Waals surface area (Å²) in [5, 5.41) is 14.8. The summed E-state index contributed by atoms with van der Waals surface area (Å²) in [7, 11) is 1.90. The lowest BCUT2D eigenvalue weighted by Gasteiger charge is -2.15. The van der Waals surface area contributed by atoms with Crippen LogP contribution in [0.15, 0.2) is 0 Å². The summed E-state index contributed by atoms with van der Waals surface area (Å²) in [6, 6.07) is 0.443. The number of hydrogen-bond donors (Lipinski definition) is 1. The lowest BCUT2D eigenvalue weighted by Crippen LogP contribution is -2.17. The van der Waals surface area contributed by atoms with Crippen molar-refractivity contribution in [2.75, 3.05) is 7.05 Å². The van der Waals surface area contributed by atoms with Crippen LogP contribution in [0.2, 0.25) is 0 Å². The molecule has 1 heterocycles. The van der Waals surface area contributed by atoms with Crippen molar-refractivity contribution in [1.82, 2.24) is 25.5 Å². The highest BCUT2D eigenvalue weighted by Gasteiger charge is 2.13. The van der Waals surface area contributed by atoms with E-state index in [0.29, 0.717) is 6.04 Å². The molecule has 0 aromatic carbocycles. The zero-order valence-corrected chi connectivity index (χ0v) is 9.19. The predicted molar refractivity (Wildman–Crippen MR) is 54.8 cm³/mol. The average Bonchev–Trinajstić information content (AvgIpc) is 2.63. The van der Waals surface area contributed by atoms with Crippen molar-refractivity contribution in [1.29, 1.82) is 0 Å². The van der Waals surface area contributed by atoms with Crippen molar-refractivity contribution in [2.45, 2.75) is 45.7 Å². The Balaban J connectivity index is 2.74. The van der Waals surface area contributed by atoms with Gasteiger partial charge in [-0.05, 0) is 30.3 Å². The molecule has 1 rings (SSSR count). The van der Waals surface area contributed by atoms with Gasteiger partial charge in [0.05, 0.1) is 12.6 Å². The van der Waals surface area contributed by atoms with Crippen molar-refractivity contribution in [2.24, 2.45) is 0 Å². The fourth-order valence-corrected chi connectivity index (χ4v) is 1.60. The minimum Gasteiger partial charge on any atom is -0.313 e. The van der Waals surface area contributed by atoms with E-state index in [9.17, 15) is 0 Å². The van der Waals surface area contributed by atoms with Crippen LogP contribution in [0.4, 0.5) is 0 Å². The van der Waals surface area contributed by atoms with E-state index in [-0.39, 0.29) is 0 Å². The molecular weight excluding hydrogens is 178 g/mol. The summed E-state index contributed by atoms with van der Waals surface area (Å²) < 4.78 is 1.94. The first-order chi connectivity index (χ1) is 6.83. The fourth-order valence-electron chi connectivity index (χ4n) is 1.60.